The first-order valence-corrected chi connectivity index (χ1v) is 8.86. The Morgan fingerprint density at radius 2 is 1.67 bits per heavy atom. The molecule has 0 bridgehead atoms. The van der Waals surface area contributed by atoms with Gasteiger partial charge in [0.05, 0.1) is 0 Å². The molecule has 0 radical (unpaired) electrons. The van der Waals surface area contributed by atoms with Gasteiger partial charge in [-0.15, -0.1) is 10.2 Å². The third-order valence-electron chi connectivity index (χ3n) is 4.34. The molecule has 0 saturated carbocycles. The molecular weight excluding hydrogens is 340 g/mol. The molecule has 0 aliphatic heterocycles. The second-order valence-corrected chi connectivity index (χ2v) is 6.80. The molecule has 0 aliphatic rings. The van der Waals surface area contributed by atoms with Crippen LogP contribution in [-0.2, 0) is 6.54 Å². The van der Waals surface area contributed by atoms with Gasteiger partial charge in [-0.2, -0.15) is 9.78 Å². The number of hydrogen-bond acceptors (Lipinski definition) is 6. The van der Waals surface area contributed by atoms with Crippen LogP contribution < -0.4 is 0 Å². The van der Waals surface area contributed by atoms with Gasteiger partial charge in [0.25, 0.3) is 5.89 Å². The Balaban J connectivity index is 1.49. The Bertz CT molecular complexity index is 1030. The normalized spacial score (nSPS) is 11.3. The highest BCUT2D eigenvalue weighted by atomic mass is 16.5. The minimum atomic E-state index is 0.298. The highest BCUT2D eigenvalue weighted by molar-refractivity contribution is 5.54. The van der Waals surface area contributed by atoms with E-state index in [1.54, 1.807) is 0 Å². The number of nitrogens with zero attached hydrogens (tertiary/aromatic N) is 6. The first-order valence-electron chi connectivity index (χ1n) is 8.86. The van der Waals surface area contributed by atoms with E-state index in [1.807, 2.05) is 43.3 Å². The molecule has 0 fully saturated rings. The third kappa shape index (κ3) is 3.76. The van der Waals surface area contributed by atoms with Crippen molar-refractivity contribution in [2.75, 3.05) is 0 Å². The minimum absolute atomic E-state index is 0.298. The first-order chi connectivity index (χ1) is 13.1. The molecule has 0 amide bonds. The molecule has 0 unspecified atom stereocenters. The van der Waals surface area contributed by atoms with Crippen LogP contribution in [0.15, 0.2) is 53.1 Å². The van der Waals surface area contributed by atoms with Crippen molar-refractivity contribution in [1.29, 1.82) is 0 Å². The van der Waals surface area contributed by atoms with Crippen LogP contribution in [0.5, 0.6) is 0 Å². The summed E-state index contributed by atoms with van der Waals surface area (Å²) in [4.78, 5) is 5.88. The molecule has 4 aromatic rings. The fourth-order valence-electron chi connectivity index (χ4n) is 2.70. The number of hydrogen-bond donors (Lipinski definition) is 0. The summed E-state index contributed by atoms with van der Waals surface area (Å²) in [6.07, 6.45) is 0. The summed E-state index contributed by atoms with van der Waals surface area (Å²) in [5.41, 5.74) is 4.27. The van der Waals surface area contributed by atoms with Crippen molar-refractivity contribution in [3.8, 4) is 22.8 Å². The monoisotopic (exact) mass is 360 g/mol. The Morgan fingerprint density at radius 3 is 2.37 bits per heavy atom. The first kappa shape index (κ1) is 17.1. The van der Waals surface area contributed by atoms with Crippen LogP contribution in [0.2, 0.25) is 0 Å². The van der Waals surface area contributed by atoms with Crippen molar-refractivity contribution in [2.24, 2.45) is 0 Å². The van der Waals surface area contributed by atoms with Crippen LogP contribution in [0.3, 0.4) is 0 Å². The Morgan fingerprint density at radius 1 is 0.963 bits per heavy atom. The molecule has 2 heterocycles. The lowest BCUT2D eigenvalue weighted by atomic mass is 10.0. The maximum atomic E-state index is 5.34. The SMILES string of the molecule is Cc1ccc(-c2nc(Cn3nnc(-c4ccc(C(C)C)cc4)n3)no2)cc1. The van der Waals surface area contributed by atoms with E-state index >= 15 is 0 Å². The molecule has 0 saturated heterocycles. The largest absolute Gasteiger partial charge is 0.334 e. The number of aryl methyl sites for hydroxylation is 1. The van der Waals surface area contributed by atoms with Crippen molar-refractivity contribution in [1.82, 2.24) is 30.3 Å². The van der Waals surface area contributed by atoms with Crippen LogP contribution in [0.25, 0.3) is 22.8 Å². The predicted molar refractivity (Wildman–Crippen MR) is 101 cm³/mol. The molecule has 0 spiro atoms. The molecule has 2 aromatic carbocycles. The lowest BCUT2D eigenvalue weighted by Gasteiger charge is -2.04. The molecule has 7 heteroatoms. The molecule has 0 N–H and O–H groups in total. The molecule has 2 aromatic heterocycles. The van der Waals surface area contributed by atoms with E-state index in [2.05, 4.69) is 51.5 Å². The summed E-state index contributed by atoms with van der Waals surface area (Å²) in [5.74, 6) is 2.05. The second kappa shape index (κ2) is 7.11. The maximum absolute atomic E-state index is 5.34. The van der Waals surface area contributed by atoms with Gasteiger partial charge in [0.1, 0.15) is 6.54 Å². The Labute approximate surface area is 157 Å². The van der Waals surface area contributed by atoms with Crippen molar-refractivity contribution in [3.63, 3.8) is 0 Å². The summed E-state index contributed by atoms with van der Waals surface area (Å²) >= 11 is 0. The highest BCUT2D eigenvalue weighted by Gasteiger charge is 2.12. The number of benzene rings is 2. The van der Waals surface area contributed by atoms with E-state index in [1.165, 1.54) is 15.9 Å². The zero-order valence-corrected chi connectivity index (χ0v) is 15.5. The highest BCUT2D eigenvalue weighted by Crippen LogP contribution is 2.20. The summed E-state index contributed by atoms with van der Waals surface area (Å²) in [6.45, 7) is 6.67. The minimum Gasteiger partial charge on any atom is -0.334 e. The van der Waals surface area contributed by atoms with Gasteiger partial charge in [-0.3, -0.25) is 0 Å². The van der Waals surface area contributed by atoms with E-state index in [-0.39, 0.29) is 0 Å². The van der Waals surface area contributed by atoms with Crippen LogP contribution in [0, 0.1) is 6.92 Å². The third-order valence-corrected chi connectivity index (χ3v) is 4.34. The zero-order chi connectivity index (χ0) is 18.8. The topological polar surface area (TPSA) is 82.5 Å². The standard InChI is InChI=1S/C20H20N6O/c1-13(2)15-8-10-16(11-9-15)19-22-25-26(23-19)12-18-21-20(27-24-18)17-6-4-14(3)5-7-17/h4-11,13H,12H2,1-3H3. The fraction of sp³-hybridized carbons (Fsp3) is 0.250. The smallest absolute Gasteiger partial charge is 0.257 e. The predicted octanol–water partition coefficient (Wildman–Crippen LogP) is 3.87. The summed E-state index contributed by atoms with van der Waals surface area (Å²) in [7, 11) is 0. The molecule has 0 atom stereocenters. The van der Waals surface area contributed by atoms with Crippen LogP contribution in [0.1, 0.15) is 36.7 Å². The van der Waals surface area contributed by atoms with Gasteiger partial charge in [-0.1, -0.05) is 61.0 Å². The van der Waals surface area contributed by atoms with E-state index in [9.17, 15) is 0 Å². The van der Waals surface area contributed by atoms with Gasteiger partial charge >= 0.3 is 0 Å². The van der Waals surface area contributed by atoms with E-state index in [4.69, 9.17) is 4.52 Å². The van der Waals surface area contributed by atoms with Crippen LogP contribution >= 0.6 is 0 Å². The summed E-state index contributed by atoms with van der Waals surface area (Å²) in [5, 5.41) is 16.6. The van der Waals surface area contributed by atoms with Crippen molar-refractivity contribution in [2.45, 2.75) is 33.2 Å². The molecular formula is C20H20N6O. The van der Waals surface area contributed by atoms with E-state index in [0.717, 1.165) is 11.1 Å². The lowest BCUT2D eigenvalue weighted by Crippen LogP contribution is -2.05. The lowest BCUT2D eigenvalue weighted by molar-refractivity contribution is 0.415. The Kier molecular flexibility index (Phi) is 4.50. The zero-order valence-electron chi connectivity index (χ0n) is 15.5. The quantitative estimate of drug-likeness (QED) is 0.537. The van der Waals surface area contributed by atoms with Crippen molar-refractivity contribution in [3.05, 3.63) is 65.5 Å². The van der Waals surface area contributed by atoms with Gasteiger partial charge in [-0.05, 0) is 35.8 Å². The van der Waals surface area contributed by atoms with Crippen LogP contribution in [-0.4, -0.2) is 30.3 Å². The molecule has 27 heavy (non-hydrogen) atoms. The second-order valence-electron chi connectivity index (χ2n) is 6.80. The summed E-state index contributed by atoms with van der Waals surface area (Å²) in [6, 6.07) is 16.1. The summed E-state index contributed by atoms with van der Waals surface area (Å²) < 4.78 is 5.34. The maximum Gasteiger partial charge on any atom is 0.257 e. The van der Waals surface area contributed by atoms with E-state index in [0.29, 0.717) is 30.0 Å². The average molecular weight is 360 g/mol. The number of tetrazole rings is 1. The van der Waals surface area contributed by atoms with Gasteiger partial charge < -0.3 is 4.52 Å². The Hall–Kier alpha value is -3.35. The number of rotatable bonds is 5. The fourth-order valence-corrected chi connectivity index (χ4v) is 2.70. The average Bonchev–Trinajstić information content (AvgIpc) is 3.33. The van der Waals surface area contributed by atoms with Gasteiger partial charge in [0.2, 0.25) is 5.82 Å². The van der Waals surface area contributed by atoms with Gasteiger partial charge in [0, 0.05) is 11.1 Å². The van der Waals surface area contributed by atoms with Crippen molar-refractivity contribution >= 4 is 0 Å². The molecule has 0 aliphatic carbocycles. The number of aromatic nitrogens is 6. The van der Waals surface area contributed by atoms with Gasteiger partial charge in [0.15, 0.2) is 5.82 Å². The van der Waals surface area contributed by atoms with Crippen molar-refractivity contribution < 1.29 is 4.52 Å². The van der Waals surface area contributed by atoms with Crippen LogP contribution in [0.4, 0.5) is 0 Å². The molecule has 7 nitrogen and oxygen atoms in total. The van der Waals surface area contributed by atoms with E-state index < -0.39 is 0 Å². The molecule has 136 valence electrons. The van der Waals surface area contributed by atoms with Gasteiger partial charge in [-0.25, -0.2) is 0 Å². The molecule has 4 rings (SSSR count).